The van der Waals surface area contributed by atoms with Crippen LogP contribution in [0.4, 0.5) is 24.5 Å². The van der Waals surface area contributed by atoms with Gasteiger partial charge >= 0.3 is 12.1 Å². The lowest BCUT2D eigenvalue weighted by atomic mass is 10.0. The molecule has 2 atom stereocenters. The van der Waals surface area contributed by atoms with Crippen LogP contribution in [0.1, 0.15) is 32.3 Å². The monoisotopic (exact) mass is 472 g/mol. The number of halogens is 3. The molecule has 0 amide bonds. The first kappa shape index (κ1) is 23.7. The molecule has 2 aromatic carbocycles. The van der Waals surface area contributed by atoms with E-state index in [1.165, 1.54) is 18.2 Å². The summed E-state index contributed by atoms with van der Waals surface area (Å²) < 4.78 is 78.4. The summed E-state index contributed by atoms with van der Waals surface area (Å²) in [5, 5.41) is 0. The Morgan fingerprint density at radius 3 is 2.59 bits per heavy atom. The van der Waals surface area contributed by atoms with Crippen molar-refractivity contribution in [2.75, 3.05) is 16.6 Å². The zero-order valence-electron chi connectivity index (χ0n) is 17.4. The van der Waals surface area contributed by atoms with Gasteiger partial charge in [-0.1, -0.05) is 6.07 Å². The molecule has 2 unspecified atom stereocenters. The molecule has 0 radical (unpaired) electrons. The molecule has 1 aliphatic rings. The number of anilines is 2. The lowest BCUT2D eigenvalue weighted by molar-refractivity contribution is -0.143. The molecular formula is C21H23F3N2O5S. The minimum absolute atomic E-state index is 0.00933. The third-order valence-electron chi connectivity index (χ3n) is 5.06. The lowest BCUT2D eigenvalue weighted by Crippen LogP contribution is -2.51. The minimum Gasteiger partial charge on any atom is -0.486 e. The fourth-order valence-corrected chi connectivity index (χ4v) is 5.26. The van der Waals surface area contributed by atoms with Gasteiger partial charge in [-0.2, -0.15) is 13.2 Å². The Morgan fingerprint density at radius 2 is 1.94 bits per heavy atom. The zero-order chi connectivity index (χ0) is 23.7. The molecule has 3 rings (SSSR count). The van der Waals surface area contributed by atoms with Gasteiger partial charge in [0.15, 0.2) is 0 Å². The summed E-state index contributed by atoms with van der Waals surface area (Å²) in [5.41, 5.74) is 5.13. The first-order chi connectivity index (χ1) is 14.9. The number of carbonyl (C=O) groups is 1. The average Bonchev–Trinajstić information content (AvgIpc) is 2.72. The summed E-state index contributed by atoms with van der Waals surface area (Å²) in [6.07, 6.45) is -5.30. The third kappa shape index (κ3) is 4.77. The van der Waals surface area contributed by atoms with Crippen molar-refractivity contribution in [2.45, 2.75) is 49.9 Å². The quantitative estimate of drug-likeness (QED) is 0.505. The van der Waals surface area contributed by atoms with Crippen LogP contribution in [-0.2, 0) is 25.7 Å². The smallest absolute Gasteiger partial charge is 0.416 e. The van der Waals surface area contributed by atoms with Gasteiger partial charge in [0, 0.05) is 12.1 Å². The molecule has 32 heavy (non-hydrogen) atoms. The van der Waals surface area contributed by atoms with E-state index in [2.05, 4.69) is 0 Å². The summed E-state index contributed by atoms with van der Waals surface area (Å²) in [4.78, 5) is 11.3. The topological polar surface area (TPSA) is 98.9 Å². The maximum absolute atomic E-state index is 13.5. The van der Waals surface area contributed by atoms with Crippen molar-refractivity contribution in [3.05, 3.63) is 48.0 Å². The van der Waals surface area contributed by atoms with Crippen LogP contribution in [0.5, 0.6) is 5.75 Å². The van der Waals surface area contributed by atoms with Gasteiger partial charge in [0.2, 0.25) is 0 Å². The van der Waals surface area contributed by atoms with E-state index in [1.54, 1.807) is 13.8 Å². The molecule has 2 aromatic rings. The number of nitrogens with zero attached hydrogens (tertiary/aromatic N) is 1. The predicted molar refractivity (Wildman–Crippen MR) is 112 cm³/mol. The highest BCUT2D eigenvalue weighted by Crippen LogP contribution is 2.42. The van der Waals surface area contributed by atoms with E-state index in [4.69, 9.17) is 15.2 Å². The summed E-state index contributed by atoms with van der Waals surface area (Å²) in [6.45, 7) is 3.44. The second-order valence-electron chi connectivity index (χ2n) is 7.29. The number of carbonyl (C=O) groups excluding carboxylic acids is 1. The van der Waals surface area contributed by atoms with Crippen molar-refractivity contribution in [3.63, 3.8) is 0 Å². The summed E-state index contributed by atoms with van der Waals surface area (Å²) >= 11 is 0. The van der Waals surface area contributed by atoms with Gasteiger partial charge in [0.25, 0.3) is 10.0 Å². The van der Waals surface area contributed by atoms with E-state index in [9.17, 15) is 26.4 Å². The first-order valence-corrected chi connectivity index (χ1v) is 11.3. The molecule has 0 fully saturated rings. The van der Waals surface area contributed by atoms with E-state index in [0.29, 0.717) is 6.07 Å². The van der Waals surface area contributed by atoms with Crippen LogP contribution >= 0.6 is 0 Å². The van der Waals surface area contributed by atoms with Crippen LogP contribution in [-0.4, -0.2) is 33.1 Å². The molecule has 2 N–H and O–H groups in total. The number of hydrogen-bond acceptors (Lipinski definition) is 6. The van der Waals surface area contributed by atoms with E-state index in [-0.39, 0.29) is 36.6 Å². The highest BCUT2D eigenvalue weighted by molar-refractivity contribution is 7.92. The van der Waals surface area contributed by atoms with Crippen LogP contribution in [0.3, 0.4) is 0 Å². The number of ether oxygens (including phenoxy) is 2. The number of rotatable bonds is 6. The fourth-order valence-electron chi connectivity index (χ4n) is 3.53. The highest BCUT2D eigenvalue weighted by atomic mass is 32.2. The largest absolute Gasteiger partial charge is 0.486 e. The fraction of sp³-hybridized carbons (Fsp3) is 0.381. The van der Waals surface area contributed by atoms with Crippen molar-refractivity contribution in [1.82, 2.24) is 0 Å². The second kappa shape index (κ2) is 8.89. The van der Waals surface area contributed by atoms with Gasteiger partial charge in [-0.25, -0.2) is 8.42 Å². The Morgan fingerprint density at radius 1 is 1.22 bits per heavy atom. The number of fused-ring (bicyclic) bond motifs is 1. The molecule has 0 spiro atoms. The molecule has 0 bridgehead atoms. The van der Waals surface area contributed by atoms with Gasteiger partial charge in [-0.3, -0.25) is 9.10 Å². The van der Waals surface area contributed by atoms with E-state index >= 15 is 0 Å². The molecule has 0 aliphatic carbocycles. The summed E-state index contributed by atoms with van der Waals surface area (Å²) in [7, 11) is -4.42. The third-order valence-corrected chi connectivity index (χ3v) is 6.96. The maximum Gasteiger partial charge on any atom is 0.416 e. The molecular weight excluding hydrogens is 449 g/mol. The van der Waals surface area contributed by atoms with Crippen LogP contribution in [0.2, 0.25) is 0 Å². The lowest BCUT2D eigenvalue weighted by Gasteiger charge is -2.41. The molecule has 7 nitrogen and oxygen atoms in total. The van der Waals surface area contributed by atoms with E-state index in [1.807, 2.05) is 0 Å². The minimum atomic E-state index is -4.70. The number of nitrogens with two attached hydrogens (primary N) is 1. The van der Waals surface area contributed by atoms with E-state index < -0.39 is 44.8 Å². The number of esters is 1. The molecule has 0 saturated carbocycles. The maximum atomic E-state index is 13.5. The Balaban J connectivity index is 2.04. The SMILES string of the molecule is CCOC(=O)CCC1Oc2ccc(N)cc2N(S(=O)(=O)c2cccc(C(F)(F)F)c2)C1C. The van der Waals surface area contributed by atoms with Crippen molar-refractivity contribution in [2.24, 2.45) is 0 Å². The number of nitrogen functional groups attached to an aromatic ring is 1. The zero-order valence-corrected chi connectivity index (χ0v) is 18.2. The van der Waals surface area contributed by atoms with Gasteiger partial charge in [-0.05, 0) is 56.7 Å². The number of sulfonamides is 1. The van der Waals surface area contributed by atoms with Gasteiger partial charge in [0.05, 0.1) is 28.8 Å². The molecule has 11 heteroatoms. The van der Waals surface area contributed by atoms with Gasteiger partial charge < -0.3 is 15.2 Å². The van der Waals surface area contributed by atoms with Crippen molar-refractivity contribution >= 4 is 27.4 Å². The Kier molecular flexibility index (Phi) is 6.59. The first-order valence-electron chi connectivity index (χ1n) is 9.88. The number of benzene rings is 2. The second-order valence-corrected chi connectivity index (χ2v) is 9.11. The van der Waals surface area contributed by atoms with Crippen molar-refractivity contribution in [1.29, 1.82) is 0 Å². The summed E-state index contributed by atoms with van der Waals surface area (Å²) in [6, 6.07) is 7.10. The standard InChI is InChI=1S/C21H23F3N2O5S/c1-3-30-20(27)10-9-18-13(2)26(17-12-15(25)7-8-19(17)31-18)32(28,29)16-6-4-5-14(11-16)21(22,23)24/h4-8,11-13,18H,3,9-10,25H2,1-2H3. The Labute approximate surface area is 184 Å². The Hall–Kier alpha value is -2.95. The van der Waals surface area contributed by atoms with E-state index in [0.717, 1.165) is 22.5 Å². The van der Waals surface area contributed by atoms with Crippen LogP contribution in [0, 0.1) is 0 Å². The number of hydrogen-bond donors (Lipinski definition) is 1. The summed E-state index contributed by atoms with van der Waals surface area (Å²) in [5.74, 6) is -0.264. The Bertz CT molecular complexity index is 1100. The molecule has 1 aliphatic heterocycles. The molecule has 0 saturated heterocycles. The van der Waals surface area contributed by atoms with Crippen molar-refractivity contribution < 1.29 is 35.9 Å². The van der Waals surface area contributed by atoms with Crippen LogP contribution in [0.15, 0.2) is 47.4 Å². The van der Waals surface area contributed by atoms with Gasteiger partial charge in [-0.15, -0.1) is 0 Å². The number of alkyl halides is 3. The predicted octanol–water partition coefficient (Wildman–Crippen LogP) is 3.98. The van der Waals surface area contributed by atoms with Crippen molar-refractivity contribution in [3.8, 4) is 5.75 Å². The van der Waals surface area contributed by atoms with Crippen LogP contribution < -0.4 is 14.8 Å². The van der Waals surface area contributed by atoms with Gasteiger partial charge in [0.1, 0.15) is 11.9 Å². The highest BCUT2D eigenvalue weighted by Gasteiger charge is 2.41. The van der Waals surface area contributed by atoms with Crippen LogP contribution in [0.25, 0.3) is 0 Å². The molecule has 174 valence electrons. The molecule has 1 heterocycles. The molecule has 0 aromatic heterocycles. The normalized spacial score (nSPS) is 18.6. The average molecular weight is 472 g/mol.